The van der Waals surface area contributed by atoms with Gasteiger partial charge in [-0.2, -0.15) is 0 Å². The van der Waals surface area contributed by atoms with E-state index in [1.54, 1.807) is 13.8 Å². The summed E-state index contributed by atoms with van der Waals surface area (Å²) < 4.78 is 0. The molecule has 1 aromatic rings. The van der Waals surface area contributed by atoms with E-state index in [9.17, 15) is 4.79 Å². The van der Waals surface area contributed by atoms with E-state index in [0.717, 1.165) is 18.8 Å². The summed E-state index contributed by atoms with van der Waals surface area (Å²) >= 11 is 0. The summed E-state index contributed by atoms with van der Waals surface area (Å²) in [7, 11) is 0. The van der Waals surface area contributed by atoms with Gasteiger partial charge in [-0.25, -0.2) is 0 Å². The minimum atomic E-state index is -0.858. The Labute approximate surface area is 115 Å². The first-order chi connectivity index (χ1) is 8.77. The van der Waals surface area contributed by atoms with Crippen LogP contribution in [0.3, 0.4) is 0 Å². The summed E-state index contributed by atoms with van der Waals surface area (Å²) in [6.45, 7) is 9.75. The number of fused-ring (bicyclic) bond motifs is 1. The number of nitrogens with one attached hydrogen (secondary N) is 1. The maximum absolute atomic E-state index is 11.9. The number of benzene rings is 1. The molecule has 0 radical (unpaired) electrons. The van der Waals surface area contributed by atoms with E-state index in [-0.39, 0.29) is 5.91 Å². The standard InChI is InChI=1S/C15H23N3O/c1-10(2)18-8-11-5-6-13(7-12(11)9-18)17-14(19)15(3,4)16/h5-7,10H,8-9,16H2,1-4H3,(H,17,19). The van der Waals surface area contributed by atoms with E-state index in [0.29, 0.717) is 6.04 Å². The highest BCUT2D eigenvalue weighted by atomic mass is 16.2. The Bertz CT molecular complexity index is 489. The molecule has 19 heavy (non-hydrogen) atoms. The second-order valence-electron chi connectivity index (χ2n) is 6.16. The third kappa shape index (κ3) is 3.14. The van der Waals surface area contributed by atoms with Gasteiger partial charge in [0.2, 0.25) is 5.91 Å². The van der Waals surface area contributed by atoms with Crippen molar-refractivity contribution >= 4 is 11.6 Å². The van der Waals surface area contributed by atoms with Crippen LogP contribution in [0.4, 0.5) is 5.69 Å². The maximum atomic E-state index is 11.9. The lowest BCUT2D eigenvalue weighted by Crippen LogP contribution is -2.45. The van der Waals surface area contributed by atoms with Crippen LogP contribution >= 0.6 is 0 Å². The van der Waals surface area contributed by atoms with Crippen LogP contribution < -0.4 is 11.1 Å². The minimum absolute atomic E-state index is 0.161. The molecule has 1 aromatic carbocycles. The van der Waals surface area contributed by atoms with Crippen LogP contribution in [0.25, 0.3) is 0 Å². The van der Waals surface area contributed by atoms with Crippen LogP contribution in [0, 0.1) is 0 Å². The van der Waals surface area contributed by atoms with Gasteiger partial charge in [0.25, 0.3) is 0 Å². The van der Waals surface area contributed by atoms with Crippen molar-refractivity contribution in [2.24, 2.45) is 5.73 Å². The highest BCUT2D eigenvalue weighted by Gasteiger charge is 2.24. The van der Waals surface area contributed by atoms with Gasteiger partial charge in [-0.1, -0.05) is 6.07 Å². The van der Waals surface area contributed by atoms with Gasteiger partial charge in [0, 0.05) is 24.8 Å². The van der Waals surface area contributed by atoms with Crippen molar-refractivity contribution in [2.75, 3.05) is 5.32 Å². The van der Waals surface area contributed by atoms with E-state index in [4.69, 9.17) is 5.73 Å². The molecule has 0 atom stereocenters. The molecule has 0 aromatic heterocycles. The summed E-state index contributed by atoms with van der Waals surface area (Å²) in [6.07, 6.45) is 0. The van der Waals surface area contributed by atoms with Crippen molar-refractivity contribution in [1.29, 1.82) is 0 Å². The van der Waals surface area contributed by atoms with Crippen molar-refractivity contribution in [1.82, 2.24) is 4.90 Å². The Balaban J connectivity index is 2.12. The van der Waals surface area contributed by atoms with E-state index in [2.05, 4.69) is 36.2 Å². The third-order valence-corrected chi connectivity index (χ3v) is 3.53. The molecule has 0 unspecified atom stereocenters. The van der Waals surface area contributed by atoms with Gasteiger partial charge in [0.15, 0.2) is 0 Å². The Morgan fingerprint density at radius 3 is 2.53 bits per heavy atom. The van der Waals surface area contributed by atoms with Crippen molar-refractivity contribution in [2.45, 2.75) is 52.4 Å². The predicted octanol–water partition coefficient (Wildman–Crippen LogP) is 2.09. The monoisotopic (exact) mass is 261 g/mol. The number of nitrogens with two attached hydrogens (primary N) is 1. The Morgan fingerprint density at radius 1 is 1.32 bits per heavy atom. The average Bonchev–Trinajstić information content (AvgIpc) is 2.70. The fraction of sp³-hybridized carbons (Fsp3) is 0.533. The van der Waals surface area contributed by atoms with E-state index >= 15 is 0 Å². The van der Waals surface area contributed by atoms with Gasteiger partial charge in [-0.15, -0.1) is 0 Å². The lowest BCUT2D eigenvalue weighted by Gasteiger charge is -2.19. The maximum Gasteiger partial charge on any atom is 0.243 e. The summed E-state index contributed by atoms with van der Waals surface area (Å²) in [4.78, 5) is 14.3. The number of rotatable bonds is 3. The first-order valence-corrected chi connectivity index (χ1v) is 6.73. The number of carbonyl (C=O) groups excluding carboxylic acids is 1. The number of nitrogens with zero attached hydrogens (tertiary/aromatic N) is 1. The molecule has 1 heterocycles. The van der Waals surface area contributed by atoms with Crippen molar-refractivity contribution in [3.8, 4) is 0 Å². The largest absolute Gasteiger partial charge is 0.325 e. The summed E-state index contributed by atoms with van der Waals surface area (Å²) in [5, 5.41) is 2.87. The van der Waals surface area contributed by atoms with Gasteiger partial charge in [-0.3, -0.25) is 9.69 Å². The Morgan fingerprint density at radius 2 is 1.95 bits per heavy atom. The SMILES string of the molecule is CC(C)N1Cc2ccc(NC(=O)C(C)(C)N)cc2C1. The fourth-order valence-electron chi connectivity index (χ4n) is 2.16. The molecule has 2 rings (SSSR count). The number of hydrogen-bond acceptors (Lipinski definition) is 3. The summed E-state index contributed by atoms with van der Waals surface area (Å²) in [6, 6.07) is 6.64. The molecule has 3 N–H and O–H groups in total. The number of carbonyl (C=O) groups is 1. The van der Waals surface area contributed by atoms with Gasteiger partial charge in [0.1, 0.15) is 0 Å². The number of anilines is 1. The molecule has 1 aliphatic heterocycles. The second-order valence-corrected chi connectivity index (χ2v) is 6.16. The first-order valence-electron chi connectivity index (χ1n) is 6.73. The van der Waals surface area contributed by atoms with Gasteiger partial charge < -0.3 is 11.1 Å². The Kier molecular flexibility index (Phi) is 3.65. The third-order valence-electron chi connectivity index (χ3n) is 3.53. The lowest BCUT2D eigenvalue weighted by atomic mass is 10.1. The van der Waals surface area contributed by atoms with Crippen molar-refractivity contribution in [3.63, 3.8) is 0 Å². The molecule has 104 valence electrons. The van der Waals surface area contributed by atoms with Crippen LogP contribution in [-0.4, -0.2) is 22.4 Å². The molecule has 4 nitrogen and oxygen atoms in total. The highest BCUT2D eigenvalue weighted by Crippen LogP contribution is 2.27. The number of amides is 1. The van der Waals surface area contributed by atoms with Gasteiger partial charge in [0.05, 0.1) is 5.54 Å². The van der Waals surface area contributed by atoms with Crippen molar-refractivity contribution in [3.05, 3.63) is 29.3 Å². The molecule has 0 bridgehead atoms. The van der Waals surface area contributed by atoms with Gasteiger partial charge >= 0.3 is 0 Å². The van der Waals surface area contributed by atoms with Crippen LogP contribution in [0.5, 0.6) is 0 Å². The Hall–Kier alpha value is -1.39. The molecule has 1 aliphatic rings. The predicted molar refractivity (Wildman–Crippen MR) is 77.7 cm³/mol. The molecule has 0 spiro atoms. The smallest absolute Gasteiger partial charge is 0.243 e. The van der Waals surface area contributed by atoms with E-state index < -0.39 is 5.54 Å². The molecule has 0 fully saturated rings. The van der Waals surface area contributed by atoms with Crippen LogP contribution in [0.15, 0.2) is 18.2 Å². The molecular formula is C15H23N3O. The minimum Gasteiger partial charge on any atom is -0.325 e. The molecule has 0 saturated heterocycles. The zero-order valence-corrected chi connectivity index (χ0v) is 12.2. The van der Waals surface area contributed by atoms with Crippen LogP contribution in [0.1, 0.15) is 38.8 Å². The normalized spacial score (nSPS) is 15.7. The van der Waals surface area contributed by atoms with Crippen LogP contribution in [-0.2, 0) is 17.9 Å². The van der Waals surface area contributed by atoms with Gasteiger partial charge in [-0.05, 0) is 51.0 Å². The zero-order valence-electron chi connectivity index (χ0n) is 12.2. The second kappa shape index (κ2) is 4.94. The molecular weight excluding hydrogens is 238 g/mol. The fourth-order valence-corrected chi connectivity index (χ4v) is 2.16. The summed E-state index contributed by atoms with van der Waals surface area (Å²) in [5.74, 6) is -0.161. The quantitative estimate of drug-likeness (QED) is 0.876. The topological polar surface area (TPSA) is 58.4 Å². The lowest BCUT2D eigenvalue weighted by molar-refractivity contribution is -0.120. The van der Waals surface area contributed by atoms with E-state index in [1.165, 1.54) is 11.1 Å². The number of hydrogen-bond donors (Lipinski definition) is 2. The molecule has 0 aliphatic carbocycles. The van der Waals surface area contributed by atoms with Crippen LogP contribution in [0.2, 0.25) is 0 Å². The van der Waals surface area contributed by atoms with Crippen molar-refractivity contribution < 1.29 is 4.79 Å². The molecule has 1 amide bonds. The average molecular weight is 261 g/mol. The zero-order chi connectivity index (χ0) is 14.2. The molecule has 0 saturated carbocycles. The molecule has 4 heteroatoms. The first kappa shape index (κ1) is 14.0. The summed E-state index contributed by atoms with van der Waals surface area (Å²) in [5.41, 5.74) is 8.39. The highest BCUT2D eigenvalue weighted by molar-refractivity contribution is 5.97. The van der Waals surface area contributed by atoms with E-state index in [1.807, 2.05) is 6.07 Å².